The Balaban J connectivity index is 1.92. The van der Waals surface area contributed by atoms with Crippen LogP contribution in [0.5, 0.6) is 0 Å². The van der Waals surface area contributed by atoms with Gasteiger partial charge in [-0.25, -0.2) is 9.67 Å². The molecule has 3 aromatic rings. The van der Waals surface area contributed by atoms with Crippen LogP contribution in [0.1, 0.15) is 42.0 Å². The van der Waals surface area contributed by atoms with Crippen LogP contribution in [0.2, 0.25) is 5.02 Å². The first-order valence-electron chi connectivity index (χ1n) is 8.41. The Hall–Kier alpha value is -2.73. The average Bonchev–Trinajstić information content (AvgIpc) is 3.11. The van der Waals surface area contributed by atoms with E-state index in [9.17, 15) is 4.79 Å². The average molecular weight is 370 g/mol. The molecule has 3 rings (SSSR count). The van der Waals surface area contributed by atoms with E-state index in [0.717, 1.165) is 5.69 Å². The topological polar surface area (TPSA) is 63.9 Å². The van der Waals surface area contributed by atoms with Crippen molar-refractivity contribution in [2.75, 3.05) is 7.05 Å². The van der Waals surface area contributed by atoms with E-state index in [4.69, 9.17) is 11.6 Å². The zero-order valence-electron chi connectivity index (χ0n) is 14.9. The number of amides is 1. The van der Waals surface area contributed by atoms with Crippen molar-refractivity contribution >= 4 is 17.5 Å². The highest BCUT2D eigenvalue weighted by molar-refractivity contribution is 6.32. The van der Waals surface area contributed by atoms with Crippen molar-refractivity contribution in [1.29, 1.82) is 0 Å². The first-order chi connectivity index (χ1) is 12.5. The van der Waals surface area contributed by atoms with E-state index in [1.54, 1.807) is 28.9 Å². The van der Waals surface area contributed by atoms with Crippen molar-refractivity contribution in [3.8, 4) is 5.69 Å². The fourth-order valence-corrected chi connectivity index (χ4v) is 2.85. The fraction of sp³-hybridized carbons (Fsp3) is 0.263. The Morgan fingerprint density at radius 3 is 2.62 bits per heavy atom. The van der Waals surface area contributed by atoms with Crippen LogP contribution in [0, 0.1) is 0 Å². The van der Waals surface area contributed by atoms with Crippen molar-refractivity contribution in [1.82, 2.24) is 24.6 Å². The van der Waals surface area contributed by atoms with Gasteiger partial charge in [-0.2, -0.15) is 0 Å². The number of carbonyl (C=O) groups is 1. The number of hydrogen-bond donors (Lipinski definition) is 0. The molecule has 0 saturated heterocycles. The highest BCUT2D eigenvalue weighted by atomic mass is 35.5. The number of benzene rings is 1. The third kappa shape index (κ3) is 3.46. The number of rotatable bonds is 5. The number of nitrogens with zero attached hydrogens (tertiary/aromatic N) is 5. The van der Waals surface area contributed by atoms with E-state index in [0.29, 0.717) is 23.0 Å². The van der Waals surface area contributed by atoms with Gasteiger partial charge >= 0.3 is 0 Å². The molecular formula is C19H20ClN5O. The molecule has 0 bridgehead atoms. The number of pyridine rings is 1. The lowest BCUT2D eigenvalue weighted by Gasteiger charge is -2.23. The molecular weight excluding hydrogens is 350 g/mol. The van der Waals surface area contributed by atoms with Crippen LogP contribution in [0.15, 0.2) is 48.7 Å². The van der Waals surface area contributed by atoms with Gasteiger partial charge in [0.1, 0.15) is 5.82 Å². The number of aromatic nitrogens is 4. The maximum absolute atomic E-state index is 12.9. The van der Waals surface area contributed by atoms with Crippen molar-refractivity contribution in [3.63, 3.8) is 0 Å². The number of aryl methyl sites for hydroxylation is 1. The van der Waals surface area contributed by atoms with Crippen LogP contribution in [0.4, 0.5) is 0 Å². The molecule has 0 unspecified atom stereocenters. The summed E-state index contributed by atoms with van der Waals surface area (Å²) in [5.74, 6) is 0.566. The number of halogens is 1. The summed E-state index contributed by atoms with van der Waals surface area (Å²) in [4.78, 5) is 23.2. The molecule has 1 atom stereocenters. The Morgan fingerprint density at radius 1 is 1.23 bits per heavy atom. The molecule has 134 valence electrons. The molecule has 0 saturated carbocycles. The zero-order valence-corrected chi connectivity index (χ0v) is 15.7. The molecule has 26 heavy (non-hydrogen) atoms. The quantitative estimate of drug-likeness (QED) is 0.687. The van der Waals surface area contributed by atoms with Gasteiger partial charge in [0.2, 0.25) is 5.82 Å². The maximum atomic E-state index is 12.9. The molecule has 2 aromatic heterocycles. The summed E-state index contributed by atoms with van der Waals surface area (Å²) < 4.78 is 1.63. The second-order valence-electron chi connectivity index (χ2n) is 5.92. The molecule has 7 heteroatoms. The van der Waals surface area contributed by atoms with E-state index >= 15 is 0 Å². The number of carbonyl (C=O) groups excluding carboxylic acids is 1. The standard InChI is InChI=1S/C19H20ClN5O/c1-4-17-22-18(23-25(17)16-11-6-5-9-14(16)20)19(26)24(3)13(2)15-10-7-8-12-21-15/h5-13H,4H2,1-3H3/t13-/m1/s1. The monoisotopic (exact) mass is 369 g/mol. The molecule has 0 aliphatic heterocycles. The molecule has 1 amide bonds. The van der Waals surface area contributed by atoms with Gasteiger partial charge in [0.05, 0.1) is 22.4 Å². The highest BCUT2D eigenvalue weighted by Gasteiger charge is 2.25. The molecule has 0 spiro atoms. The minimum Gasteiger partial charge on any atom is -0.331 e. The Labute approximate surface area is 157 Å². The van der Waals surface area contributed by atoms with Crippen LogP contribution < -0.4 is 0 Å². The summed E-state index contributed by atoms with van der Waals surface area (Å²) in [5, 5.41) is 4.98. The lowest BCUT2D eigenvalue weighted by molar-refractivity contribution is 0.0727. The van der Waals surface area contributed by atoms with Crippen molar-refractivity contribution in [2.45, 2.75) is 26.3 Å². The molecule has 2 heterocycles. The van der Waals surface area contributed by atoms with Crippen LogP contribution in [0.25, 0.3) is 5.69 Å². The summed E-state index contributed by atoms with van der Waals surface area (Å²) in [6.07, 6.45) is 2.34. The van der Waals surface area contributed by atoms with Crippen LogP contribution in [0.3, 0.4) is 0 Å². The van der Waals surface area contributed by atoms with Gasteiger partial charge < -0.3 is 4.90 Å². The van der Waals surface area contributed by atoms with Gasteiger partial charge in [-0.05, 0) is 31.2 Å². The molecule has 0 radical (unpaired) electrons. The minimum atomic E-state index is -0.261. The first kappa shape index (κ1) is 18.1. The number of hydrogen-bond acceptors (Lipinski definition) is 4. The van der Waals surface area contributed by atoms with Crippen molar-refractivity contribution in [2.24, 2.45) is 0 Å². The highest BCUT2D eigenvalue weighted by Crippen LogP contribution is 2.22. The lowest BCUT2D eigenvalue weighted by atomic mass is 10.2. The predicted octanol–water partition coefficient (Wildman–Crippen LogP) is 3.71. The summed E-state index contributed by atoms with van der Waals surface area (Å²) in [6, 6.07) is 12.8. The van der Waals surface area contributed by atoms with Crippen molar-refractivity contribution in [3.05, 3.63) is 71.0 Å². The fourth-order valence-electron chi connectivity index (χ4n) is 2.64. The molecule has 0 aliphatic carbocycles. The van der Waals surface area contributed by atoms with Crippen LogP contribution in [-0.2, 0) is 6.42 Å². The zero-order chi connectivity index (χ0) is 18.7. The van der Waals surface area contributed by atoms with E-state index < -0.39 is 0 Å². The predicted molar refractivity (Wildman–Crippen MR) is 100 cm³/mol. The maximum Gasteiger partial charge on any atom is 0.293 e. The van der Waals surface area contributed by atoms with Gasteiger partial charge in [-0.3, -0.25) is 9.78 Å². The molecule has 6 nitrogen and oxygen atoms in total. The van der Waals surface area contributed by atoms with Gasteiger partial charge in [-0.15, -0.1) is 5.10 Å². The normalized spacial score (nSPS) is 12.0. The second-order valence-corrected chi connectivity index (χ2v) is 6.32. The van der Waals surface area contributed by atoms with Gasteiger partial charge in [0.25, 0.3) is 5.91 Å². The van der Waals surface area contributed by atoms with Crippen molar-refractivity contribution < 1.29 is 4.79 Å². The lowest BCUT2D eigenvalue weighted by Crippen LogP contribution is -2.31. The van der Waals surface area contributed by atoms with E-state index in [2.05, 4.69) is 15.1 Å². The van der Waals surface area contributed by atoms with E-state index in [-0.39, 0.29) is 17.8 Å². The Kier molecular flexibility index (Phi) is 5.32. The summed E-state index contributed by atoms with van der Waals surface area (Å²) in [7, 11) is 1.73. The largest absolute Gasteiger partial charge is 0.331 e. The molecule has 0 N–H and O–H groups in total. The minimum absolute atomic E-state index is 0.145. The third-order valence-electron chi connectivity index (χ3n) is 4.28. The Bertz CT molecular complexity index is 909. The number of para-hydroxylation sites is 1. The second kappa shape index (κ2) is 7.66. The summed E-state index contributed by atoms with van der Waals surface area (Å²) >= 11 is 6.28. The smallest absolute Gasteiger partial charge is 0.293 e. The van der Waals surface area contributed by atoms with Gasteiger partial charge in [0, 0.05) is 19.7 Å². The molecule has 0 fully saturated rings. The third-order valence-corrected chi connectivity index (χ3v) is 4.60. The van der Waals surface area contributed by atoms with Crippen LogP contribution in [-0.4, -0.2) is 37.6 Å². The van der Waals surface area contributed by atoms with Gasteiger partial charge in [0.15, 0.2) is 0 Å². The SMILES string of the molecule is CCc1nc(C(=O)N(C)[C@H](C)c2ccccn2)nn1-c1ccccc1Cl. The molecule has 1 aromatic carbocycles. The Morgan fingerprint density at radius 2 is 1.96 bits per heavy atom. The first-order valence-corrected chi connectivity index (χ1v) is 8.79. The summed E-state index contributed by atoms with van der Waals surface area (Å²) in [6.45, 7) is 3.89. The van der Waals surface area contributed by atoms with Crippen LogP contribution >= 0.6 is 11.6 Å². The molecule has 0 aliphatic rings. The van der Waals surface area contributed by atoms with Gasteiger partial charge in [-0.1, -0.05) is 36.7 Å². The summed E-state index contributed by atoms with van der Waals surface area (Å²) in [5.41, 5.74) is 1.52. The van der Waals surface area contributed by atoms with E-state index in [1.807, 2.05) is 50.2 Å². The van der Waals surface area contributed by atoms with E-state index in [1.165, 1.54) is 0 Å².